The molecular formula is C14H13BrO5. The Bertz CT molecular complexity index is 692. The SMILES string of the molecule is COC(=O)C(Br)COc1ccc2c(C)cc(=O)oc2c1. The van der Waals surface area contributed by atoms with Crippen LogP contribution in [0.2, 0.25) is 0 Å². The predicted octanol–water partition coefficient (Wildman–Crippen LogP) is 2.42. The molecule has 1 unspecified atom stereocenters. The zero-order valence-corrected chi connectivity index (χ0v) is 12.6. The normalized spacial score (nSPS) is 12.2. The quantitative estimate of drug-likeness (QED) is 0.485. The third kappa shape index (κ3) is 3.19. The van der Waals surface area contributed by atoms with E-state index in [0.717, 1.165) is 10.9 Å². The van der Waals surface area contributed by atoms with Crippen molar-refractivity contribution in [3.63, 3.8) is 0 Å². The van der Waals surface area contributed by atoms with E-state index in [1.165, 1.54) is 13.2 Å². The summed E-state index contributed by atoms with van der Waals surface area (Å²) < 4.78 is 15.2. The number of fused-ring (bicyclic) bond motifs is 1. The molecule has 0 saturated heterocycles. The summed E-state index contributed by atoms with van der Waals surface area (Å²) in [5.74, 6) is 0.104. The van der Waals surface area contributed by atoms with Gasteiger partial charge >= 0.3 is 11.6 Å². The number of aryl methyl sites for hydroxylation is 1. The first-order chi connectivity index (χ1) is 9.51. The van der Waals surface area contributed by atoms with Crippen LogP contribution >= 0.6 is 15.9 Å². The highest BCUT2D eigenvalue weighted by atomic mass is 79.9. The molecular weight excluding hydrogens is 328 g/mol. The Balaban J connectivity index is 2.20. The van der Waals surface area contributed by atoms with Crippen molar-refractivity contribution in [1.82, 2.24) is 0 Å². The lowest BCUT2D eigenvalue weighted by Crippen LogP contribution is -2.22. The van der Waals surface area contributed by atoms with Gasteiger partial charge in [-0.2, -0.15) is 0 Å². The van der Waals surface area contributed by atoms with Crippen molar-refractivity contribution in [2.24, 2.45) is 0 Å². The Morgan fingerprint density at radius 2 is 2.15 bits per heavy atom. The van der Waals surface area contributed by atoms with Crippen LogP contribution in [0.3, 0.4) is 0 Å². The molecule has 1 heterocycles. The first-order valence-electron chi connectivity index (χ1n) is 5.90. The molecule has 1 aromatic carbocycles. The second-order valence-electron chi connectivity index (χ2n) is 4.21. The Morgan fingerprint density at radius 1 is 1.40 bits per heavy atom. The van der Waals surface area contributed by atoms with Gasteiger partial charge < -0.3 is 13.9 Å². The molecule has 0 aliphatic heterocycles. The number of hydrogen-bond acceptors (Lipinski definition) is 5. The van der Waals surface area contributed by atoms with Gasteiger partial charge in [-0.3, -0.25) is 4.79 Å². The van der Waals surface area contributed by atoms with Crippen molar-refractivity contribution in [3.05, 3.63) is 40.2 Å². The van der Waals surface area contributed by atoms with E-state index < -0.39 is 16.4 Å². The van der Waals surface area contributed by atoms with Crippen LogP contribution in [0.4, 0.5) is 0 Å². The molecule has 0 N–H and O–H groups in total. The van der Waals surface area contributed by atoms with Crippen LogP contribution in [-0.4, -0.2) is 24.5 Å². The first-order valence-corrected chi connectivity index (χ1v) is 6.82. The monoisotopic (exact) mass is 340 g/mol. The van der Waals surface area contributed by atoms with Gasteiger partial charge in [-0.15, -0.1) is 0 Å². The predicted molar refractivity (Wildman–Crippen MR) is 77.4 cm³/mol. The zero-order valence-electron chi connectivity index (χ0n) is 11.0. The fourth-order valence-corrected chi connectivity index (χ4v) is 2.08. The van der Waals surface area contributed by atoms with E-state index in [1.807, 2.05) is 13.0 Å². The van der Waals surface area contributed by atoms with Crippen LogP contribution in [0.5, 0.6) is 5.75 Å². The van der Waals surface area contributed by atoms with Gasteiger partial charge in [0, 0.05) is 17.5 Å². The van der Waals surface area contributed by atoms with Crippen LogP contribution in [0, 0.1) is 6.92 Å². The lowest BCUT2D eigenvalue weighted by atomic mass is 10.1. The molecule has 0 radical (unpaired) electrons. The molecule has 2 rings (SSSR count). The fraction of sp³-hybridized carbons (Fsp3) is 0.286. The summed E-state index contributed by atoms with van der Waals surface area (Å²) >= 11 is 3.16. The van der Waals surface area contributed by atoms with E-state index in [-0.39, 0.29) is 6.61 Å². The molecule has 6 heteroatoms. The van der Waals surface area contributed by atoms with E-state index in [1.54, 1.807) is 12.1 Å². The first kappa shape index (κ1) is 14.6. The van der Waals surface area contributed by atoms with Gasteiger partial charge in [0.15, 0.2) is 0 Å². The van der Waals surface area contributed by atoms with Gasteiger partial charge in [-0.25, -0.2) is 4.79 Å². The minimum Gasteiger partial charge on any atom is -0.492 e. The molecule has 2 aromatic rings. The summed E-state index contributed by atoms with van der Waals surface area (Å²) in [6.45, 7) is 1.96. The number of esters is 1. The molecule has 0 aliphatic rings. The number of halogens is 1. The third-order valence-corrected chi connectivity index (χ3v) is 3.41. The lowest BCUT2D eigenvalue weighted by Gasteiger charge is -2.10. The summed E-state index contributed by atoms with van der Waals surface area (Å²) in [5, 5.41) is 0.848. The van der Waals surface area contributed by atoms with Crippen LogP contribution < -0.4 is 10.4 Å². The molecule has 5 nitrogen and oxygen atoms in total. The van der Waals surface area contributed by atoms with E-state index in [2.05, 4.69) is 20.7 Å². The zero-order chi connectivity index (χ0) is 14.7. The summed E-state index contributed by atoms with van der Waals surface area (Å²) in [7, 11) is 1.31. The minimum atomic E-state index is -0.548. The molecule has 106 valence electrons. The van der Waals surface area contributed by atoms with Crippen molar-refractivity contribution in [2.45, 2.75) is 11.8 Å². The molecule has 0 bridgehead atoms. The fourth-order valence-electron chi connectivity index (χ4n) is 1.76. The van der Waals surface area contributed by atoms with Crippen molar-refractivity contribution >= 4 is 32.9 Å². The van der Waals surface area contributed by atoms with Crippen molar-refractivity contribution in [2.75, 3.05) is 13.7 Å². The number of ether oxygens (including phenoxy) is 2. The Hall–Kier alpha value is -1.82. The Morgan fingerprint density at radius 3 is 2.85 bits per heavy atom. The van der Waals surface area contributed by atoms with Crippen LogP contribution in [-0.2, 0) is 9.53 Å². The van der Waals surface area contributed by atoms with Crippen LogP contribution in [0.1, 0.15) is 5.56 Å². The maximum atomic E-state index is 11.3. The van der Waals surface area contributed by atoms with Crippen molar-refractivity contribution < 1.29 is 18.7 Å². The number of alkyl halides is 1. The van der Waals surface area contributed by atoms with Gasteiger partial charge in [0.25, 0.3) is 0 Å². The van der Waals surface area contributed by atoms with E-state index in [9.17, 15) is 9.59 Å². The van der Waals surface area contributed by atoms with Gasteiger partial charge in [-0.05, 0) is 24.6 Å². The summed E-state index contributed by atoms with van der Waals surface area (Å²) in [6.07, 6.45) is 0. The Kier molecular flexibility index (Phi) is 4.44. The van der Waals surface area contributed by atoms with E-state index >= 15 is 0 Å². The average Bonchev–Trinajstić information content (AvgIpc) is 2.43. The highest BCUT2D eigenvalue weighted by Crippen LogP contribution is 2.22. The van der Waals surface area contributed by atoms with E-state index in [0.29, 0.717) is 11.3 Å². The molecule has 0 spiro atoms. The van der Waals surface area contributed by atoms with Gasteiger partial charge in [0.2, 0.25) is 0 Å². The topological polar surface area (TPSA) is 65.7 Å². The van der Waals surface area contributed by atoms with E-state index in [4.69, 9.17) is 9.15 Å². The van der Waals surface area contributed by atoms with Crippen molar-refractivity contribution in [1.29, 1.82) is 0 Å². The number of methoxy groups -OCH3 is 1. The second-order valence-corrected chi connectivity index (χ2v) is 5.31. The standard InChI is InChI=1S/C14H13BrO5/c1-8-5-13(16)20-12-6-9(3-4-10(8)12)19-7-11(15)14(17)18-2/h3-6,11H,7H2,1-2H3. The smallest absolute Gasteiger partial charge is 0.336 e. The summed E-state index contributed by atoms with van der Waals surface area (Å²) in [4.78, 5) is 22.0. The van der Waals surface area contributed by atoms with Crippen molar-refractivity contribution in [3.8, 4) is 5.75 Å². The number of hydrogen-bond donors (Lipinski definition) is 0. The average molecular weight is 341 g/mol. The lowest BCUT2D eigenvalue weighted by molar-refractivity contribution is -0.140. The molecule has 1 aromatic heterocycles. The third-order valence-electron chi connectivity index (χ3n) is 2.78. The molecule has 0 amide bonds. The summed E-state index contributed by atoms with van der Waals surface area (Å²) in [6, 6.07) is 6.63. The maximum Gasteiger partial charge on any atom is 0.336 e. The largest absolute Gasteiger partial charge is 0.492 e. The number of benzene rings is 1. The minimum absolute atomic E-state index is 0.119. The van der Waals surface area contributed by atoms with Gasteiger partial charge in [-0.1, -0.05) is 15.9 Å². The number of carbonyl (C=O) groups excluding carboxylic acids is 1. The second kappa shape index (κ2) is 6.09. The van der Waals surface area contributed by atoms with Gasteiger partial charge in [0.05, 0.1) is 7.11 Å². The number of rotatable bonds is 4. The summed E-state index contributed by atoms with van der Waals surface area (Å²) in [5.41, 5.74) is 0.896. The van der Waals surface area contributed by atoms with Crippen LogP contribution in [0.15, 0.2) is 33.5 Å². The van der Waals surface area contributed by atoms with Crippen LogP contribution in [0.25, 0.3) is 11.0 Å². The molecule has 0 aliphatic carbocycles. The Labute approximate surface area is 123 Å². The molecule has 0 saturated carbocycles. The highest BCUT2D eigenvalue weighted by molar-refractivity contribution is 9.10. The molecule has 0 fully saturated rings. The number of carbonyl (C=O) groups is 1. The van der Waals surface area contributed by atoms with Gasteiger partial charge in [0.1, 0.15) is 22.8 Å². The molecule has 20 heavy (non-hydrogen) atoms. The highest BCUT2D eigenvalue weighted by Gasteiger charge is 2.16. The molecule has 1 atom stereocenters. The maximum absolute atomic E-state index is 11.3.